The molecule has 0 unspecified atom stereocenters. The molecule has 0 bridgehead atoms. The lowest BCUT2D eigenvalue weighted by molar-refractivity contribution is -0.144. The third-order valence-electron chi connectivity index (χ3n) is 3.43. The van der Waals surface area contributed by atoms with Gasteiger partial charge in [-0.2, -0.15) is 0 Å². The fraction of sp³-hybridized carbons (Fsp3) is 0.211. The Hall–Kier alpha value is -2.93. The lowest BCUT2D eigenvalue weighted by Crippen LogP contribution is -2.34. The summed E-state index contributed by atoms with van der Waals surface area (Å²) in [6, 6.07) is 15.9. The molecule has 0 radical (unpaired) electrons. The van der Waals surface area contributed by atoms with Crippen LogP contribution in [0.2, 0.25) is 0 Å². The van der Waals surface area contributed by atoms with Gasteiger partial charge in [0.15, 0.2) is 5.11 Å². The van der Waals surface area contributed by atoms with E-state index in [0.29, 0.717) is 12.1 Å². The number of nitrogens with one attached hydrogen (secondary N) is 2. The van der Waals surface area contributed by atoms with E-state index in [2.05, 4.69) is 10.6 Å². The summed E-state index contributed by atoms with van der Waals surface area (Å²) >= 11 is 5.03. The van der Waals surface area contributed by atoms with Crippen molar-refractivity contribution in [2.75, 3.05) is 11.9 Å². The zero-order valence-electron chi connectivity index (χ0n) is 14.1. The molecule has 1 amide bonds. The Morgan fingerprint density at radius 1 is 1.00 bits per heavy atom. The molecule has 26 heavy (non-hydrogen) atoms. The Kier molecular flexibility index (Phi) is 7.57. The van der Waals surface area contributed by atoms with Crippen molar-refractivity contribution < 1.29 is 19.4 Å². The van der Waals surface area contributed by atoms with Crippen LogP contribution < -0.4 is 10.6 Å². The van der Waals surface area contributed by atoms with Gasteiger partial charge in [0.05, 0.1) is 13.0 Å². The molecule has 7 heteroatoms. The Balaban J connectivity index is 1.62. The van der Waals surface area contributed by atoms with Crippen LogP contribution in [0.3, 0.4) is 0 Å². The molecule has 0 aromatic heterocycles. The van der Waals surface area contributed by atoms with Crippen LogP contribution in [0, 0.1) is 0 Å². The van der Waals surface area contributed by atoms with Crippen molar-refractivity contribution in [3.05, 3.63) is 60.2 Å². The first-order valence-electron chi connectivity index (χ1n) is 8.12. The molecule has 0 aliphatic rings. The highest BCUT2D eigenvalue weighted by Gasteiger charge is 2.10. The van der Waals surface area contributed by atoms with Crippen molar-refractivity contribution in [1.29, 1.82) is 0 Å². The summed E-state index contributed by atoms with van der Waals surface area (Å²) in [5.74, 6) is -0.661. The van der Waals surface area contributed by atoms with Crippen molar-refractivity contribution in [1.82, 2.24) is 5.32 Å². The molecule has 2 rings (SSSR count). The van der Waals surface area contributed by atoms with E-state index < -0.39 is 5.97 Å². The number of esters is 1. The number of ether oxygens (including phenoxy) is 1. The lowest BCUT2D eigenvalue weighted by Gasteiger charge is -2.09. The van der Waals surface area contributed by atoms with Gasteiger partial charge in [-0.1, -0.05) is 30.3 Å². The van der Waals surface area contributed by atoms with Gasteiger partial charge in [0.2, 0.25) is 5.91 Å². The summed E-state index contributed by atoms with van der Waals surface area (Å²) in [6.45, 7) is 0.283. The molecular formula is C19H20N2O4S. The van der Waals surface area contributed by atoms with E-state index in [1.165, 1.54) is 12.1 Å². The van der Waals surface area contributed by atoms with Gasteiger partial charge in [0, 0.05) is 18.5 Å². The Morgan fingerprint density at radius 3 is 2.38 bits per heavy atom. The van der Waals surface area contributed by atoms with Gasteiger partial charge in [-0.3, -0.25) is 9.59 Å². The van der Waals surface area contributed by atoms with E-state index in [0.717, 1.165) is 5.56 Å². The van der Waals surface area contributed by atoms with E-state index >= 15 is 0 Å². The van der Waals surface area contributed by atoms with Crippen LogP contribution in [-0.4, -0.2) is 28.7 Å². The molecule has 0 atom stereocenters. The van der Waals surface area contributed by atoms with Crippen LogP contribution in [-0.2, 0) is 20.7 Å². The highest BCUT2D eigenvalue weighted by Crippen LogP contribution is 2.13. The molecule has 2 aromatic carbocycles. The van der Waals surface area contributed by atoms with Gasteiger partial charge in [0.1, 0.15) is 5.75 Å². The minimum atomic E-state index is -0.423. The lowest BCUT2D eigenvalue weighted by atomic mass is 10.2. The Morgan fingerprint density at radius 2 is 1.69 bits per heavy atom. The summed E-state index contributed by atoms with van der Waals surface area (Å²) in [7, 11) is 0. The number of hydrogen-bond donors (Lipinski definition) is 3. The fourth-order valence-corrected chi connectivity index (χ4v) is 2.34. The Bertz CT molecular complexity index is 748. The van der Waals surface area contributed by atoms with Crippen molar-refractivity contribution in [3.63, 3.8) is 0 Å². The molecule has 0 aliphatic heterocycles. The average Bonchev–Trinajstić information content (AvgIpc) is 2.63. The molecule has 2 aromatic rings. The number of phenols is 1. The molecule has 3 N–H and O–H groups in total. The zero-order valence-corrected chi connectivity index (χ0v) is 14.9. The molecule has 0 aliphatic carbocycles. The monoisotopic (exact) mass is 372 g/mol. The predicted molar refractivity (Wildman–Crippen MR) is 103 cm³/mol. The van der Waals surface area contributed by atoms with Gasteiger partial charge in [-0.25, -0.2) is 0 Å². The smallest absolute Gasteiger partial charge is 0.306 e. The van der Waals surface area contributed by atoms with E-state index in [4.69, 9.17) is 17.0 Å². The summed E-state index contributed by atoms with van der Waals surface area (Å²) in [4.78, 5) is 23.5. The van der Waals surface area contributed by atoms with Crippen LogP contribution in [0.15, 0.2) is 54.6 Å². The quantitative estimate of drug-likeness (QED) is 0.394. The number of hydrogen-bond acceptors (Lipinski definition) is 5. The van der Waals surface area contributed by atoms with Gasteiger partial charge in [-0.15, -0.1) is 0 Å². The molecule has 0 saturated heterocycles. The predicted octanol–water partition coefficient (Wildman–Crippen LogP) is 2.77. The maximum absolute atomic E-state index is 11.8. The molecule has 0 saturated carbocycles. The van der Waals surface area contributed by atoms with Gasteiger partial charge >= 0.3 is 5.97 Å². The fourth-order valence-electron chi connectivity index (χ4n) is 2.11. The third-order valence-corrected chi connectivity index (χ3v) is 3.64. The molecule has 0 fully saturated rings. The number of rotatable bonds is 7. The summed E-state index contributed by atoms with van der Waals surface area (Å²) in [5, 5.41) is 14.6. The van der Waals surface area contributed by atoms with Crippen LogP contribution in [0.5, 0.6) is 5.75 Å². The molecule has 6 nitrogen and oxygen atoms in total. The number of benzene rings is 2. The Labute approximate surface area is 157 Å². The highest BCUT2D eigenvalue weighted by molar-refractivity contribution is 7.80. The second-order valence-electron chi connectivity index (χ2n) is 5.51. The topological polar surface area (TPSA) is 87.7 Å². The number of phenolic OH excluding ortho intramolecular Hbond substituents is 1. The van der Waals surface area contributed by atoms with E-state index in [1.54, 1.807) is 12.1 Å². The van der Waals surface area contributed by atoms with E-state index in [9.17, 15) is 14.7 Å². The maximum Gasteiger partial charge on any atom is 0.306 e. The number of carbonyl (C=O) groups excluding carboxylic acids is 2. The molecule has 136 valence electrons. The minimum absolute atomic E-state index is 0.0115. The summed E-state index contributed by atoms with van der Waals surface area (Å²) < 4.78 is 5.12. The average molecular weight is 372 g/mol. The molecule has 0 heterocycles. The summed E-state index contributed by atoms with van der Waals surface area (Å²) in [6.07, 6.45) is 0.615. The zero-order chi connectivity index (χ0) is 18.8. The number of thiocarbonyl (C=S) groups is 1. The standard InChI is InChI=1S/C19H20N2O4S/c22-16-8-6-15(7-9-16)20-19(26)21-17(23)10-11-18(24)25-13-12-14-4-2-1-3-5-14/h1-9,22H,10-13H2,(H2,20,21,23,26). The van der Waals surface area contributed by atoms with Crippen molar-refractivity contribution >= 4 is 34.9 Å². The number of aromatic hydroxyl groups is 1. The number of carbonyl (C=O) groups is 2. The largest absolute Gasteiger partial charge is 0.508 e. The second kappa shape index (κ2) is 10.1. The first-order valence-corrected chi connectivity index (χ1v) is 8.53. The van der Waals surface area contributed by atoms with Gasteiger partial charge in [0.25, 0.3) is 0 Å². The van der Waals surface area contributed by atoms with Crippen LogP contribution in [0.1, 0.15) is 18.4 Å². The van der Waals surface area contributed by atoms with Gasteiger partial charge < -0.3 is 20.5 Å². The van der Waals surface area contributed by atoms with Gasteiger partial charge in [-0.05, 0) is 42.0 Å². The summed E-state index contributed by atoms with van der Waals surface area (Å²) in [5.41, 5.74) is 1.72. The maximum atomic E-state index is 11.8. The first-order chi connectivity index (χ1) is 12.5. The third kappa shape index (κ3) is 7.31. The SMILES string of the molecule is O=C(CCC(=O)OCCc1ccccc1)NC(=S)Nc1ccc(O)cc1. The minimum Gasteiger partial charge on any atom is -0.508 e. The first kappa shape index (κ1) is 19.4. The number of anilines is 1. The molecular weight excluding hydrogens is 352 g/mol. The number of amides is 1. The van der Waals surface area contributed by atoms with E-state index in [-0.39, 0.29) is 36.2 Å². The van der Waals surface area contributed by atoms with Crippen molar-refractivity contribution in [3.8, 4) is 5.75 Å². The molecule has 0 spiro atoms. The van der Waals surface area contributed by atoms with Crippen LogP contribution in [0.4, 0.5) is 5.69 Å². The van der Waals surface area contributed by atoms with Crippen molar-refractivity contribution in [2.24, 2.45) is 0 Å². The van der Waals surface area contributed by atoms with Crippen molar-refractivity contribution in [2.45, 2.75) is 19.3 Å². The van der Waals surface area contributed by atoms with Crippen LogP contribution >= 0.6 is 12.2 Å². The van der Waals surface area contributed by atoms with Crippen LogP contribution in [0.25, 0.3) is 0 Å². The van der Waals surface area contributed by atoms with E-state index in [1.807, 2.05) is 30.3 Å². The normalized spacial score (nSPS) is 10.0. The highest BCUT2D eigenvalue weighted by atomic mass is 32.1. The second-order valence-corrected chi connectivity index (χ2v) is 5.91.